The first-order valence-electron chi connectivity index (χ1n) is 7.33. The average Bonchev–Trinajstić information content (AvgIpc) is 3.17. The van der Waals surface area contributed by atoms with Gasteiger partial charge in [0.15, 0.2) is 17.2 Å². The molecule has 7 nitrogen and oxygen atoms in total. The van der Waals surface area contributed by atoms with Gasteiger partial charge in [0.2, 0.25) is 17.5 Å². The number of fused-ring (bicyclic) bond motifs is 1. The van der Waals surface area contributed by atoms with Crippen molar-refractivity contribution in [3.63, 3.8) is 0 Å². The Balaban J connectivity index is 1.89. The predicted octanol–water partition coefficient (Wildman–Crippen LogP) is 2.49. The Hall–Kier alpha value is -2.77. The summed E-state index contributed by atoms with van der Waals surface area (Å²) in [5.41, 5.74) is 0.00708. The van der Waals surface area contributed by atoms with E-state index in [-0.39, 0.29) is 23.3 Å². The second kappa shape index (κ2) is 4.87. The lowest BCUT2D eigenvalue weighted by molar-refractivity contribution is -0.117. The van der Waals surface area contributed by atoms with Crippen molar-refractivity contribution in [2.45, 2.75) is 26.7 Å². The highest BCUT2D eigenvalue weighted by Gasteiger charge is 2.31. The number of aromatic nitrogens is 4. The summed E-state index contributed by atoms with van der Waals surface area (Å²) in [6.07, 6.45) is 1.65. The third kappa shape index (κ3) is 2.36. The van der Waals surface area contributed by atoms with Crippen molar-refractivity contribution in [2.24, 2.45) is 5.92 Å². The molecule has 1 saturated carbocycles. The molecule has 0 bridgehead atoms. The summed E-state index contributed by atoms with van der Waals surface area (Å²) in [5.74, 6) is 0.693. The summed E-state index contributed by atoms with van der Waals surface area (Å²) in [6.45, 7) is 3.46. The fourth-order valence-corrected chi connectivity index (χ4v) is 2.37. The summed E-state index contributed by atoms with van der Waals surface area (Å²) in [5, 5.41) is 6.70. The number of hydrogen-bond acceptors (Lipinski definition) is 5. The minimum atomic E-state index is -0.702. The van der Waals surface area contributed by atoms with E-state index in [4.69, 9.17) is 4.42 Å². The Bertz CT molecular complexity index is 925. The molecule has 0 saturated heterocycles. The van der Waals surface area contributed by atoms with Crippen LogP contribution in [0.2, 0.25) is 0 Å². The molecule has 23 heavy (non-hydrogen) atoms. The standard InChI is InChI=1S/C15H14FN5O2/c1-7-3-6-10(23-7)13-18-12(19-15(22)9-4-5-9)11(16)14-17-8(2)20-21(13)14/h3,6,9H,4-5H2,1-2H3,(H,19,22). The molecule has 1 aliphatic carbocycles. The molecular weight excluding hydrogens is 301 g/mol. The van der Waals surface area contributed by atoms with E-state index in [0.29, 0.717) is 23.2 Å². The minimum Gasteiger partial charge on any atom is -0.458 e. The highest BCUT2D eigenvalue weighted by atomic mass is 19.1. The van der Waals surface area contributed by atoms with E-state index in [1.807, 2.05) is 0 Å². The lowest BCUT2D eigenvalue weighted by Crippen LogP contribution is -2.17. The Morgan fingerprint density at radius 1 is 1.35 bits per heavy atom. The number of furan rings is 1. The number of amides is 1. The Labute approximate surface area is 130 Å². The zero-order valence-electron chi connectivity index (χ0n) is 12.6. The zero-order chi connectivity index (χ0) is 16.1. The number of carbonyl (C=O) groups excluding carboxylic acids is 1. The molecule has 1 amide bonds. The van der Waals surface area contributed by atoms with Crippen LogP contribution < -0.4 is 5.32 Å². The normalized spacial score (nSPS) is 14.4. The van der Waals surface area contributed by atoms with Gasteiger partial charge in [0, 0.05) is 5.92 Å². The molecule has 0 radical (unpaired) electrons. The molecule has 1 N–H and O–H groups in total. The quantitative estimate of drug-likeness (QED) is 0.802. The van der Waals surface area contributed by atoms with Gasteiger partial charge in [-0.3, -0.25) is 4.79 Å². The van der Waals surface area contributed by atoms with E-state index in [9.17, 15) is 9.18 Å². The first kappa shape index (κ1) is 13.9. The first-order valence-corrected chi connectivity index (χ1v) is 7.33. The summed E-state index contributed by atoms with van der Waals surface area (Å²) < 4.78 is 21.4. The van der Waals surface area contributed by atoms with Gasteiger partial charge in [-0.25, -0.2) is 9.97 Å². The molecule has 3 heterocycles. The van der Waals surface area contributed by atoms with Crippen LogP contribution in [0.5, 0.6) is 0 Å². The van der Waals surface area contributed by atoms with Crippen LogP contribution in [0.25, 0.3) is 17.2 Å². The Morgan fingerprint density at radius 3 is 2.78 bits per heavy atom. The van der Waals surface area contributed by atoms with E-state index < -0.39 is 5.82 Å². The van der Waals surface area contributed by atoms with Crippen molar-refractivity contribution >= 4 is 17.4 Å². The van der Waals surface area contributed by atoms with Gasteiger partial charge in [-0.2, -0.15) is 8.91 Å². The van der Waals surface area contributed by atoms with Crippen molar-refractivity contribution in [1.82, 2.24) is 19.6 Å². The smallest absolute Gasteiger partial charge is 0.228 e. The van der Waals surface area contributed by atoms with Gasteiger partial charge in [0.05, 0.1) is 0 Å². The molecule has 4 rings (SSSR count). The topological polar surface area (TPSA) is 85.3 Å². The van der Waals surface area contributed by atoms with Gasteiger partial charge in [0.1, 0.15) is 11.6 Å². The molecule has 1 aliphatic rings. The van der Waals surface area contributed by atoms with E-state index in [0.717, 1.165) is 12.8 Å². The highest BCUT2D eigenvalue weighted by molar-refractivity contribution is 5.94. The number of nitrogens with zero attached hydrogens (tertiary/aromatic N) is 4. The van der Waals surface area contributed by atoms with E-state index >= 15 is 0 Å². The van der Waals surface area contributed by atoms with Crippen molar-refractivity contribution in [3.05, 3.63) is 29.5 Å². The van der Waals surface area contributed by atoms with Crippen molar-refractivity contribution in [2.75, 3.05) is 5.32 Å². The molecule has 0 aromatic carbocycles. The van der Waals surface area contributed by atoms with E-state index in [1.54, 1.807) is 26.0 Å². The van der Waals surface area contributed by atoms with Crippen LogP contribution in [0, 0.1) is 25.6 Å². The van der Waals surface area contributed by atoms with Crippen LogP contribution in [0.4, 0.5) is 10.2 Å². The molecule has 0 spiro atoms. The number of rotatable bonds is 3. The van der Waals surface area contributed by atoms with Crippen LogP contribution in [-0.2, 0) is 4.79 Å². The summed E-state index contributed by atoms with van der Waals surface area (Å²) in [6, 6.07) is 3.50. The van der Waals surface area contributed by atoms with Gasteiger partial charge in [0.25, 0.3) is 0 Å². The van der Waals surface area contributed by atoms with E-state index in [2.05, 4.69) is 20.4 Å². The van der Waals surface area contributed by atoms with Crippen LogP contribution in [-0.4, -0.2) is 25.5 Å². The van der Waals surface area contributed by atoms with Crippen LogP contribution in [0.15, 0.2) is 16.5 Å². The molecule has 3 aromatic rings. The predicted molar refractivity (Wildman–Crippen MR) is 79.3 cm³/mol. The molecule has 118 valence electrons. The number of nitrogens with one attached hydrogen (secondary N) is 1. The lowest BCUT2D eigenvalue weighted by atomic mass is 10.3. The summed E-state index contributed by atoms with van der Waals surface area (Å²) in [4.78, 5) is 20.2. The van der Waals surface area contributed by atoms with E-state index in [1.165, 1.54) is 4.52 Å². The van der Waals surface area contributed by atoms with Crippen molar-refractivity contribution < 1.29 is 13.6 Å². The minimum absolute atomic E-state index is 0.00708. The molecule has 0 unspecified atom stereocenters. The van der Waals surface area contributed by atoms with Crippen LogP contribution in [0.1, 0.15) is 24.4 Å². The SMILES string of the molecule is Cc1nc2c(F)c(NC(=O)C3CC3)nc(-c3ccc(C)o3)n2n1. The van der Waals surface area contributed by atoms with Gasteiger partial charge in [-0.1, -0.05) is 0 Å². The number of hydrogen-bond donors (Lipinski definition) is 1. The van der Waals surface area contributed by atoms with Crippen molar-refractivity contribution in [1.29, 1.82) is 0 Å². The number of carbonyl (C=O) groups is 1. The maximum Gasteiger partial charge on any atom is 0.228 e. The number of anilines is 1. The van der Waals surface area contributed by atoms with Gasteiger partial charge < -0.3 is 9.73 Å². The van der Waals surface area contributed by atoms with Crippen LogP contribution in [0.3, 0.4) is 0 Å². The second-order valence-corrected chi connectivity index (χ2v) is 5.67. The number of halogens is 1. The number of aryl methyl sites for hydroxylation is 2. The average molecular weight is 315 g/mol. The molecule has 0 atom stereocenters. The zero-order valence-corrected chi connectivity index (χ0v) is 12.6. The maximum atomic E-state index is 14.6. The molecule has 0 aliphatic heterocycles. The molecule has 3 aromatic heterocycles. The lowest BCUT2D eigenvalue weighted by Gasteiger charge is -2.08. The maximum absolute atomic E-state index is 14.6. The molecule has 1 fully saturated rings. The highest BCUT2D eigenvalue weighted by Crippen LogP contribution is 2.31. The van der Waals surface area contributed by atoms with Gasteiger partial charge in [-0.05, 0) is 38.8 Å². The van der Waals surface area contributed by atoms with Crippen molar-refractivity contribution in [3.8, 4) is 11.6 Å². The monoisotopic (exact) mass is 315 g/mol. The molecule has 8 heteroatoms. The first-order chi connectivity index (χ1) is 11.0. The third-order valence-electron chi connectivity index (χ3n) is 3.69. The third-order valence-corrected chi connectivity index (χ3v) is 3.69. The Kier molecular flexibility index (Phi) is 2.93. The fourth-order valence-electron chi connectivity index (χ4n) is 2.37. The largest absolute Gasteiger partial charge is 0.458 e. The van der Waals surface area contributed by atoms with Gasteiger partial charge in [-0.15, -0.1) is 5.10 Å². The second-order valence-electron chi connectivity index (χ2n) is 5.67. The molecular formula is C15H14FN5O2. The fraction of sp³-hybridized carbons (Fsp3) is 0.333. The van der Waals surface area contributed by atoms with Crippen LogP contribution >= 0.6 is 0 Å². The summed E-state index contributed by atoms with van der Waals surface area (Å²) >= 11 is 0. The van der Waals surface area contributed by atoms with Gasteiger partial charge >= 0.3 is 0 Å². The Morgan fingerprint density at radius 2 is 2.13 bits per heavy atom. The summed E-state index contributed by atoms with van der Waals surface area (Å²) in [7, 11) is 0.